The molecule has 2 nitrogen and oxygen atoms in total. The molecule has 0 aliphatic heterocycles. The number of rotatable bonds is 3. The molecule has 0 aliphatic carbocycles. The number of hydrogen-bond acceptors (Lipinski definition) is 2. The van der Waals surface area contributed by atoms with E-state index in [9.17, 15) is 4.79 Å². The third-order valence-electron chi connectivity index (χ3n) is 3.25. The number of carbonyl (C=O) groups is 1. The molecule has 2 aromatic carbocycles. The van der Waals surface area contributed by atoms with E-state index < -0.39 is 0 Å². The number of carbonyl (C=O) groups excluding carboxylic acids is 1. The maximum atomic E-state index is 12.2. The smallest absolute Gasteiger partial charge is 0.167 e. The average Bonchev–Trinajstić information content (AvgIpc) is 2.37. The Kier molecular flexibility index (Phi) is 3.91. The molecule has 0 atom stereocenters. The van der Waals surface area contributed by atoms with Crippen LogP contribution in [0.3, 0.4) is 0 Å². The van der Waals surface area contributed by atoms with Crippen LogP contribution in [0.1, 0.15) is 27.0 Å². The second kappa shape index (κ2) is 5.45. The van der Waals surface area contributed by atoms with Gasteiger partial charge in [0.15, 0.2) is 5.78 Å². The SMILES string of the molecule is Cc1ccc(CC(=O)c2ccc(Cl)c(N)c2)cc1C. The minimum atomic E-state index is 0.0478. The van der Waals surface area contributed by atoms with E-state index >= 15 is 0 Å². The second-order valence-electron chi connectivity index (χ2n) is 4.75. The molecule has 2 N–H and O–H groups in total. The minimum absolute atomic E-state index is 0.0478. The molecular formula is C16H16ClNO. The van der Waals surface area contributed by atoms with Gasteiger partial charge in [-0.3, -0.25) is 4.79 Å². The molecule has 0 saturated heterocycles. The van der Waals surface area contributed by atoms with Crippen molar-refractivity contribution < 1.29 is 4.79 Å². The molecule has 0 radical (unpaired) electrons. The molecular weight excluding hydrogens is 258 g/mol. The highest BCUT2D eigenvalue weighted by molar-refractivity contribution is 6.33. The third-order valence-corrected chi connectivity index (χ3v) is 3.60. The van der Waals surface area contributed by atoms with Crippen molar-refractivity contribution in [2.75, 3.05) is 5.73 Å². The normalized spacial score (nSPS) is 10.5. The summed E-state index contributed by atoms with van der Waals surface area (Å²) in [6.07, 6.45) is 0.377. The Morgan fingerprint density at radius 3 is 2.47 bits per heavy atom. The fraction of sp³-hybridized carbons (Fsp3) is 0.188. The summed E-state index contributed by atoms with van der Waals surface area (Å²) in [5, 5.41) is 0.475. The van der Waals surface area contributed by atoms with E-state index in [2.05, 4.69) is 6.92 Å². The number of hydrogen-bond donors (Lipinski definition) is 1. The average molecular weight is 274 g/mol. The zero-order chi connectivity index (χ0) is 14.0. The van der Waals surface area contributed by atoms with E-state index in [-0.39, 0.29) is 5.78 Å². The molecule has 0 fully saturated rings. The molecule has 0 saturated carbocycles. The quantitative estimate of drug-likeness (QED) is 0.679. The molecule has 0 aliphatic rings. The molecule has 2 aromatic rings. The Morgan fingerprint density at radius 1 is 1.11 bits per heavy atom. The van der Waals surface area contributed by atoms with Crippen LogP contribution in [0.5, 0.6) is 0 Å². The molecule has 0 amide bonds. The van der Waals surface area contributed by atoms with Crippen molar-refractivity contribution in [3.8, 4) is 0 Å². The maximum absolute atomic E-state index is 12.2. The zero-order valence-electron chi connectivity index (χ0n) is 11.0. The molecule has 0 spiro atoms. The van der Waals surface area contributed by atoms with E-state index in [0.717, 1.165) is 5.56 Å². The third kappa shape index (κ3) is 3.15. The van der Waals surface area contributed by atoms with Crippen LogP contribution in [0, 0.1) is 13.8 Å². The predicted molar refractivity (Wildman–Crippen MR) is 79.8 cm³/mol. The van der Waals surface area contributed by atoms with Gasteiger partial charge in [-0.15, -0.1) is 0 Å². The largest absolute Gasteiger partial charge is 0.398 e. The number of anilines is 1. The first kappa shape index (κ1) is 13.6. The van der Waals surface area contributed by atoms with Crippen LogP contribution in [0.25, 0.3) is 0 Å². The summed E-state index contributed by atoms with van der Waals surface area (Å²) in [6, 6.07) is 11.1. The van der Waals surface area contributed by atoms with Gasteiger partial charge in [-0.2, -0.15) is 0 Å². The molecule has 3 heteroatoms. The first-order chi connectivity index (χ1) is 8.97. The van der Waals surface area contributed by atoms with Crippen LogP contribution in [0.2, 0.25) is 5.02 Å². The summed E-state index contributed by atoms with van der Waals surface area (Å²) >= 11 is 5.85. The van der Waals surface area contributed by atoms with Crippen molar-refractivity contribution in [3.63, 3.8) is 0 Å². The van der Waals surface area contributed by atoms with Gasteiger partial charge in [0.25, 0.3) is 0 Å². The van der Waals surface area contributed by atoms with E-state index in [4.69, 9.17) is 17.3 Å². The molecule has 2 rings (SSSR count). The van der Waals surface area contributed by atoms with Gasteiger partial charge in [-0.05, 0) is 48.7 Å². The summed E-state index contributed by atoms with van der Waals surface area (Å²) in [4.78, 5) is 12.2. The van der Waals surface area contributed by atoms with Gasteiger partial charge in [0.05, 0.1) is 10.7 Å². The Balaban J connectivity index is 2.20. The highest BCUT2D eigenvalue weighted by Crippen LogP contribution is 2.21. The van der Waals surface area contributed by atoms with Crippen molar-refractivity contribution in [1.29, 1.82) is 0 Å². The van der Waals surface area contributed by atoms with Crippen LogP contribution in [-0.2, 0) is 6.42 Å². The molecule has 98 valence electrons. The Morgan fingerprint density at radius 2 is 1.84 bits per heavy atom. The summed E-state index contributed by atoms with van der Waals surface area (Å²) in [7, 11) is 0. The highest BCUT2D eigenvalue weighted by Gasteiger charge is 2.09. The van der Waals surface area contributed by atoms with Crippen LogP contribution in [-0.4, -0.2) is 5.78 Å². The minimum Gasteiger partial charge on any atom is -0.398 e. The number of halogens is 1. The van der Waals surface area contributed by atoms with Crippen molar-refractivity contribution in [2.24, 2.45) is 0 Å². The molecule has 19 heavy (non-hydrogen) atoms. The number of nitrogen functional groups attached to an aromatic ring is 1. The van der Waals surface area contributed by atoms with Crippen molar-refractivity contribution >= 4 is 23.1 Å². The van der Waals surface area contributed by atoms with Crippen LogP contribution >= 0.6 is 11.6 Å². The predicted octanol–water partition coefficient (Wildman–Crippen LogP) is 3.96. The summed E-state index contributed by atoms with van der Waals surface area (Å²) in [5.74, 6) is 0.0478. The van der Waals surface area contributed by atoms with Crippen molar-refractivity contribution in [1.82, 2.24) is 0 Å². The van der Waals surface area contributed by atoms with Gasteiger partial charge in [-0.25, -0.2) is 0 Å². The summed E-state index contributed by atoms with van der Waals surface area (Å²) in [6.45, 7) is 4.10. The van der Waals surface area contributed by atoms with Gasteiger partial charge in [0.2, 0.25) is 0 Å². The van der Waals surface area contributed by atoms with Gasteiger partial charge >= 0.3 is 0 Å². The number of nitrogens with two attached hydrogens (primary N) is 1. The Labute approximate surface area is 118 Å². The summed E-state index contributed by atoms with van der Waals surface area (Å²) in [5.41, 5.74) is 10.2. The van der Waals surface area contributed by atoms with Gasteiger partial charge in [0, 0.05) is 12.0 Å². The molecule has 0 heterocycles. The fourth-order valence-electron chi connectivity index (χ4n) is 1.92. The van der Waals surface area contributed by atoms with Crippen molar-refractivity contribution in [2.45, 2.75) is 20.3 Å². The van der Waals surface area contributed by atoms with Crippen molar-refractivity contribution in [3.05, 3.63) is 63.7 Å². The lowest BCUT2D eigenvalue weighted by Crippen LogP contribution is -2.04. The van der Waals surface area contributed by atoms with Gasteiger partial charge in [0.1, 0.15) is 0 Å². The maximum Gasteiger partial charge on any atom is 0.167 e. The van der Waals surface area contributed by atoms with E-state index in [1.807, 2.05) is 25.1 Å². The standard InChI is InChI=1S/C16H16ClNO/c1-10-3-4-12(7-11(10)2)8-16(19)13-5-6-14(17)15(18)9-13/h3-7,9H,8,18H2,1-2H3. The van der Waals surface area contributed by atoms with Gasteiger partial charge in [-0.1, -0.05) is 29.8 Å². The van der Waals surface area contributed by atoms with E-state index in [1.54, 1.807) is 18.2 Å². The highest BCUT2D eigenvalue weighted by atomic mass is 35.5. The van der Waals surface area contributed by atoms with E-state index in [0.29, 0.717) is 22.7 Å². The lowest BCUT2D eigenvalue weighted by atomic mass is 9.99. The fourth-order valence-corrected chi connectivity index (χ4v) is 2.04. The van der Waals surface area contributed by atoms with Crippen LogP contribution in [0.4, 0.5) is 5.69 Å². The lowest BCUT2D eigenvalue weighted by molar-refractivity contribution is 0.0993. The van der Waals surface area contributed by atoms with Crippen LogP contribution < -0.4 is 5.73 Å². The Hall–Kier alpha value is -1.80. The first-order valence-electron chi connectivity index (χ1n) is 6.11. The van der Waals surface area contributed by atoms with Gasteiger partial charge < -0.3 is 5.73 Å². The second-order valence-corrected chi connectivity index (χ2v) is 5.16. The Bertz CT molecular complexity index is 635. The van der Waals surface area contributed by atoms with E-state index in [1.165, 1.54) is 11.1 Å². The molecule has 0 bridgehead atoms. The molecule has 0 unspecified atom stereocenters. The topological polar surface area (TPSA) is 43.1 Å². The monoisotopic (exact) mass is 273 g/mol. The van der Waals surface area contributed by atoms with Crippen LogP contribution in [0.15, 0.2) is 36.4 Å². The number of benzene rings is 2. The number of aryl methyl sites for hydroxylation is 2. The zero-order valence-corrected chi connectivity index (χ0v) is 11.8. The molecule has 0 aromatic heterocycles. The summed E-state index contributed by atoms with van der Waals surface area (Å²) < 4.78 is 0. The lowest BCUT2D eigenvalue weighted by Gasteiger charge is -2.06. The first-order valence-corrected chi connectivity index (χ1v) is 6.49. The number of ketones is 1. The number of Topliss-reactive ketones (excluding diaryl/α,β-unsaturated/α-hetero) is 1.